The van der Waals surface area contributed by atoms with Crippen LogP contribution in [0.5, 0.6) is 0 Å². The highest BCUT2D eigenvalue weighted by Gasteiger charge is 2.30. The number of nitrogens with one attached hydrogen (secondary N) is 1. The lowest BCUT2D eigenvalue weighted by Gasteiger charge is -2.37. The lowest BCUT2D eigenvalue weighted by Crippen LogP contribution is -2.57. The van der Waals surface area contributed by atoms with Gasteiger partial charge >= 0.3 is 0 Å². The van der Waals surface area contributed by atoms with Gasteiger partial charge in [0.25, 0.3) is 0 Å². The second-order valence-electron chi connectivity index (χ2n) is 6.39. The molecular weight excluding hydrogens is 306 g/mol. The Morgan fingerprint density at radius 2 is 1.88 bits per heavy atom. The highest BCUT2D eigenvalue weighted by atomic mass is 16.5. The van der Waals surface area contributed by atoms with E-state index in [1.54, 1.807) is 0 Å². The van der Waals surface area contributed by atoms with Crippen LogP contribution in [0.1, 0.15) is 11.1 Å². The average molecular weight is 331 g/mol. The van der Waals surface area contributed by atoms with Crippen molar-refractivity contribution in [2.45, 2.75) is 19.4 Å². The van der Waals surface area contributed by atoms with Crippen molar-refractivity contribution in [3.05, 3.63) is 35.4 Å². The first-order chi connectivity index (χ1) is 11.6. The van der Waals surface area contributed by atoms with Gasteiger partial charge in [0, 0.05) is 32.7 Å². The molecule has 2 aliphatic heterocycles. The molecule has 0 aliphatic carbocycles. The molecule has 6 heteroatoms. The first kappa shape index (κ1) is 16.9. The van der Waals surface area contributed by atoms with E-state index in [-0.39, 0.29) is 17.9 Å². The molecule has 130 valence electrons. The predicted octanol–water partition coefficient (Wildman–Crippen LogP) is 0.197. The van der Waals surface area contributed by atoms with Gasteiger partial charge in [-0.15, -0.1) is 0 Å². The van der Waals surface area contributed by atoms with E-state index in [0.29, 0.717) is 52.4 Å². The van der Waals surface area contributed by atoms with Gasteiger partial charge in [0.15, 0.2) is 0 Å². The molecule has 24 heavy (non-hydrogen) atoms. The quantitative estimate of drug-likeness (QED) is 0.859. The summed E-state index contributed by atoms with van der Waals surface area (Å²) in [5, 5.41) is 3.19. The molecule has 1 atom stereocenters. The molecule has 0 saturated carbocycles. The first-order valence-corrected chi connectivity index (χ1v) is 8.57. The van der Waals surface area contributed by atoms with Gasteiger partial charge in [-0.1, -0.05) is 24.3 Å². The summed E-state index contributed by atoms with van der Waals surface area (Å²) in [6, 6.07) is 7.73. The van der Waals surface area contributed by atoms with Gasteiger partial charge in [0.2, 0.25) is 11.8 Å². The van der Waals surface area contributed by atoms with Crippen molar-refractivity contribution in [2.75, 3.05) is 45.9 Å². The number of amides is 2. The fourth-order valence-corrected chi connectivity index (χ4v) is 3.20. The molecule has 0 radical (unpaired) electrons. The number of carbonyl (C=O) groups excluding carboxylic acids is 2. The van der Waals surface area contributed by atoms with Crippen LogP contribution >= 0.6 is 0 Å². The van der Waals surface area contributed by atoms with Crippen molar-refractivity contribution in [3.8, 4) is 0 Å². The minimum atomic E-state index is -0.243. The van der Waals surface area contributed by atoms with Gasteiger partial charge in [0.1, 0.15) is 6.04 Å². The standard InChI is InChI=1S/C18H25N3O3/c1-14-4-2-3-5-15(14)12-17(22)20-7-9-21(10-8-20)18(23)16-13-24-11-6-19-16/h2-5,16,19H,6-13H2,1H3. The van der Waals surface area contributed by atoms with E-state index < -0.39 is 0 Å². The zero-order valence-electron chi connectivity index (χ0n) is 14.2. The summed E-state index contributed by atoms with van der Waals surface area (Å²) in [4.78, 5) is 28.6. The molecule has 2 saturated heterocycles. The normalized spacial score (nSPS) is 21.6. The number of morpholine rings is 1. The van der Waals surface area contributed by atoms with Crippen LogP contribution in [0.3, 0.4) is 0 Å². The number of piperazine rings is 1. The molecule has 2 fully saturated rings. The van der Waals surface area contributed by atoms with Crippen molar-refractivity contribution in [3.63, 3.8) is 0 Å². The summed E-state index contributed by atoms with van der Waals surface area (Å²) in [5.74, 6) is 0.219. The second-order valence-corrected chi connectivity index (χ2v) is 6.39. The van der Waals surface area contributed by atoms with Gasteiger partial charge in [-0.25, -0.2) is 0 Å². The van der Waals surface area contributed by atoms with Gasteiger partial charge in [-0.3, -0.25) is 9.59 Å². The second kappa shape index (κ2) is 7.77. The van der Waals surface area contributed by atoms with Crippen LogP contribution in [0.15, 0.2) is 24.3 Å². The van der Waals surface area contributed by atoms with E-state index in [1.807, 2.05) is 41.0 Å². The molecule has 1 unspecified atom stereocenters. The number of hydrogen-bond donors (Lipinski definition) is 1. The summed E-state index contributed by atoms with van der Waals surface area (Å²) >= 11 is 0. The molecule has 2 heterocycles. The largest absolute Gasteiger partial charge is 0.378 e. The minimum Gasteiger partial charge on any atom is -0.378 e. The smallest absolute Gasteiger partial charge is 0.242 e. The van der Waals surface area contributed by atoms with E-state index in [2.05, 4.69) is 5.32 Å². The summed E-state index contributed by atoms with van der Waals surface area (Å²) < 4.78 is 5.36. The zero-order valence-corrected chi connectivity index (χ0v) is 14.2. The third kappa shape index (κ3) is 3.94. The summed E-state index contributed by atoms with van der Waals surface area (Å²) in [5.41, 5.74) is 2.22. The predicted molar refractivity (Wildman–Crippen MR) is 90.7 cm³/mol. The highest BCUT2D eigenvalue weighted by molar-refractivity contribution is 5.83. The van der Waals surface area contributed by atoms with Crippen molar-refractivity contribution in [2.24, 2.45) is 0 Å². The van der Waals surface area contributed by atoms with E-state index in [1.165, 1.54) is 0 Å². The molecule has 3 rings (SSSR count). The number of nitrogens with zero attached hydrogens (tertiary/aromatic N) is 2. The molecule has 2 aliphatic rings. The molecule has 0 aromatic heterocycles. The lowest BCUT2D eigenvalue weighted by atomic mass is 10.1. The third-order valence-corrected chi connectivity index (χ3v) is 4.77. The fraction of sp³-hybridized carbons (Fsp3) is 0.556. The Balaban J connectivity index is 1.50. The molecule has 1 aromatic rings. The Labute approximate surface area is 142 Å². The molecular formula is C18H25N3O3. The lowest BCUT2D eigenvalue weighted by molar-refractivity contribution is -0.142. The van der Waals surface area contributed by atoms with E-state index in [4.69, 9.17) is 4.74 Å². The number of ether oxygens (including phenoxy) is 1. The van der Waals surface area contributed by atoms with Crippen molar-refractivity contribution in [1.82, 2.24) is 15.1 Å². The van der Waals surface area contributed by atoms with Crippen LogP contribution in [0.25, 0.3) is 0 Å². The summed E-state index contributed by atoms with van der Waals surface area (Å²) in [6.45, 7) is 6.22. The van der Waals surface area contributed by atoms with E-state index in [9.17, 15) is 9.59 Å². The van der Waals surface area contributed by atoms with Crippen LogP contribution in [0, 0.1) is 6.92 Å². The average Bonchev–Trinajstić information content (AvgIpc) is 2.64. The van der Waals surface area contributed by atoms with Gasteiger partial charge in [-0.2, -0.15) is 0 Å². The molecule has 6 nitrogen and oxygen atoms in total. The van der Waals surface area contributed by atoms with Crippen LogP contribution in [0.2, 0.25) is 0 Å². The van der Waals surface area contributed by atoms with E-state index in [0.717, 1.165) is 11.1 Å². The summed E-state index contributed by atoms with van der Waals surface area (Å²) in [6.07, 6.45) is 0.429. The van der Waals surface area contributed by atoms with Crippen molar-refractivity contribution in [1.29, 1.82) is 0 Å². The van der Waals surface area contributed by atoms with Gasteiger partial charge in [-0.05, 0) is 18.1 Å². The SMILES string of the molecule is Cc1ccccc1CC(=O)N1CCN(C(=O)C2COCCN2)CC1. The Morgan fingerprint density at radius 1 is 1.17 bits per heavy atom. The molecule has 1 N–H and O–H groups in total. The fourth-order valence-electron chi connectivity index (χ4n) is 3.20. The van der Waals surface area contributed by atoms with Crippen LogP contribution in [-0.4, -0.2) is 73.6 Å². The van der Waals surface area contributed by atoms with Crippen LogP contribution in [0.4, 0.5) is 0 Å². The number of carbonyl (C=O) groups is 2. The number of hydrogen-bond acceptors (Lipinski definition) is 4. The monoisotopic (exact) mass is 331 g/mol. The summed E-state index contributed by atoms with van der Waals surface area (Å²) in [7, 11) is 0. The maximum Gasteiger partial charge on any atom is 0.242 e. The maximum absolute atomic E-state index is 12.5. The Hall–Kier alpha value is -1.92. The Bertz CT molecular complexity index is 591. The number of benzene rings is 1. The highest BCUT2D eigenvalue weighted by Crippen LogP contribution is 2.12. The molecule has 1 aromatic carbocycles. The Morgan fingerprint density at radius 3 is 2.54 bits per heavy atom. The van der Waals surface area contributed by atoms with Crippen LogP contribution < -0.4 is 5.32 Å². The topological polar surface area (TPSA) is 61.9 Å². The van der Waals surface area contributed by atoms with Crippen LogP contribution in [-0.2, 0) is 20.7 Å². The number of aryl methyl sites for hydroxylation is 1. The molecule has 0 spiro atoms. The van der Waals surface area contributed by atoms with Gasteiger partial charge < -0.3 is 19.9 Å². The Kier molecular flexibility index (Phi) is 5.48. The number of rotatable bonds is 3. The third-order valence-electron chi connectivity index (χ3n) is 4.77. The van der Waals surface area contributed by atoms with Gasteiger partial charge in [0.05, 0.1) is 19.6 Å². The van der Waals surface area contributed by atoms with Crippen molar-refractivity contribution < 1.29 is 14.3 Å². The maximum atomic E-state index is 12.5. The van der Waals surface area contributed by atoms with Crippen molar-refractivity contribution >= 4 is 11.8 Å². The minimum absolute atomic E-state index is 0.0840. The molecule has 0 bridgehead atoms. The first-order valence-electron chi connectivity index (χ1n) is 8.57. The molecule has 2 amide bonds. The zero-order chi connectivity index (χ0) is 16.9. The van der Waals surface area contributed by atoms with E-state index >= 15 is 0 Å².